The second-order valence-corrected chi connectivity index (χ2v) is 5.54. The number of benzene rings is 1. The van der Waals surface area contributed by atoms with Crippen molar-refractivity contribution in [3.05, 3.63) is 28.8 Å². The van der Waals surface area contributed by atoms with Crippen LogP contribution in [0.1, 0.15) is 10.4 Å². The van der Waals surface area contributed by atoms with E-state index in [2.05, 4.69) is 4.74 Å². The molecule has 15 heavy (non-hydrogen) atoms. The molecule has 0 spiro atoms. The molecule has 0 atom stereocenters. The van der Waals surface area contributed by atoms with Gasteiger partial charge >= 0.3 is 5.97 Å². The van der Waals surface area contributed by atoms with E-state index >= 15 is 0 Å². The van der Waals surface area contributed by atoms with Gasteiger partial charge in [0.1, 0.15) is 0 Å². The van der Waals surface area contributed by atoms with E-state index < -0.39 is 15.0 Å². The second-order valence-electron chi connectivity index (χ2n) is 2.57. The molecule has 0 amide bonds. The number of esters is 1. The molecule has 82 valence electrons. The molecule has 0 heterocycles. The van der Waals surface area contributed by atoms with Crippen LogP contribution in [0.15, 0.2) is 23.1 Å². The fourth-order valence-corrected chi connectivity index (χ4v) is 2.02. The maximum Gasteiger partial charge on any atom is 0.339 e. The number of halogens is 2. The van der Waals surface area contributed by atoms with Crippen molar-refractivity contribution in [1.29, 1.82) is 0 Å². The molecule has 0 unspecified atom stereocenters. The minimum Gasteiger partial charge on any atom is -0.465 e. The lowest BCUT2D eigenvalue weighted by Crippen LogP contribution is -2.03. The van der Waals surface area contributed by atoms with Crippen molar-refractivity contribution in [2.45, 2.75) is 4.90 Å². The van der Waals surface area contributed by atoms with Crippen molar-refractivity contribution in [2.24, 2.45) is 0 Å². The highest BCUT2D eigenvalue weighted by Gasteiger charge is 2.15. The Morgan fingerprint density at radius 2 is 2.00 bits per heavy atom. The van der Waals surface area contributed by atoms with Gasteiger partial charge < -0.3 is 4.74 Å². The molecule has 0 N–H and O–H groups in total. The minimum absolute atomic E-state index is 0.0245. The summed E-state index contributed by atoms with van der Waals surface area (Å²) >= 11 is 5.69. The van der Waals surface area contributed by atoms with E-state index in [4.69, 9.17) is 22.3 Å². The van der Waals surface area contributed by atoms with E-state index in [1.54, 1.807) is 0 Å². The molecule has 0 bridgehead atoms. The average Bonchev–Trinajstić information content (AvgIpc) is 2.15. The van der Waals surface area contributed by atoms with Gasteiger partial charge in [0.05, 0.1) is 22.6 Å². The van der Waals surface area contributed by atoms with Crippen molar-refractivity contribution in [3.63, 3.8) is 0 Å². The second kappa shape index (κ2) is 4.38. The minimum atomic E-state index is -3.84. The number of ether oxygens (including phenoxy) is 1. The van der Waals surface area contributed by atoms with Crippen LogP contribution in [0.4, 0.5) is 0 Å². The first-order chi connectivity index (χ1) is 6.86. The summed E-state index contributed by atoms with van der Waals surface area (Å²) in [6.45, 7) is 0. The van der Waals surface area contributed by atoms with E-state index in [1.807, 2.05) is 0 Å². The lowest BCUT2D eigenvalue weighted by Gasteiger charge is -2.03. The van der Waals surface area contributed by atoms with Gasteiger partial charge in [0.2, 0.25) is 0 Å². The molecule has 0 aliphatic heterocycles. The molecule has 0 saturated heterocycles. The van der Waals surface area contributed by atoms with Crippen molar-refractivity contribution >= 4 is 37.3 Å². The van der Waals surface area contributed by atoms with Gasteiger partial charge in [-0.25, -0.2) is 13.2 Å². The summed E-state index contributed by atoms with van der Waals surface area (Å²) < 4.78 is 26.3. The Bertz CT molecular complexity index is 495. The maximum absolute atomic E-state index is 11.1. The van der Waals surface area contributed by atoms with Crippen LogP contribution in [0.25, 0.3) is 0 Å². The molecule has 1 aromatic carbocycles. The molecule has 7 heteroatoms. The molecular formula is C8H6Cl2O4S. The first kappa shape index (κ1) is 12.3. The Kier molecular flexibility index (Phi) is 3.59. The zero-order valence-electron chi connectivity index (χ0n) is 7.53. The van der Waals surface area contributed by atoms with Crippen molar-refractivity contribution < 1.29 is 17.9 Å². The van der Waals surface area contributed by atoms with Crippen molar-refractivity contribution in [1.82, 2.24) is 0 Å². The van der Waals surface area contributed by atoms with Crippen molar-refractivity contribution in [3.8, 4) is 0 Å². The highest BCUT2D eigenvalue weighted by molar-refractivity contribution is 8.13. The molecule has 0 aliphatic rings. The number of rotatable bonds is 2. The van der Waals surface area contributed by atoms with Crippen LogP contribution in [0.2, 0.25) is 5.02 Å². The Morgan fingerprint density at radius 3 is 2.40 bits per heavy atom. The molecule has 1 aromatic rings. The molecule has 0 saturated carbocycles. The molecule has 4 nitrogen and oxygen atoms in total. The highest BCUT2D eigenvalue weighted by Crippen LogP contribution is 2.23. The number of carbonyl (C=O) groups is 1. The van der Waals surface area contributed by atoms with E-state index in [0.717, 1.165) is 6.07 Å². The number of hydrogen-bond donors (Lipinski definition) is 0. The van der Waals surface area contributed by atoms with Crippen LogP contribution in [0.3, 0.4) is 0 Å². The lowest BCUT2D eigenvalue weighted by atomic mass is 10.2. The van der Waals surface area contributed by atoms with Crippen LogP contribution < -0.4 is 0 Å². The summed E-state index contributed by atoms with van der Waals surface area (Å²) in [5.41, 5.74) is 0.0863. The number of hydrogen-bond acceptors (Lipinski definition) is 4. The van der Waals surface area contributed by atoms with E-state index in [9.17, 15) is 13.2 Å². The molecule has 0 aliphatic carbocycles. The van der Waals surface area contributed by atoms with Crippen LogP contribution in [0, 0.1) is 0 Å². The fraction of sp³-hybridized carbons (Fsp3) is 0.125. The van der Waals surface area contributed by atoms with Gasteiger partial charge in [0, 0.05) is 10.7 Å². The van der Waals surface area contributed by atoms with Crippen LogP contribution >= 0.6 is 22.3 Å². The normalized spacial score (nSPS) is 11.1. The van der Waals surface area contributed by atoms with E-state index in [-0.39, 0.29) is 15.5 Å². The quantitative estimate of drug-likeness (QED) is 0.609. The Morgan fingerprint density at radius 1 is 1.40 bits per heavy atom. The first-order valence-corrected chi connectivity index (χ1v) is 6.37. The Hall–Kier alpha value is -0.780. The number of carbonyl (C=O) groups excluding carboxylic acids is 1. The van der Waals surface area contributed by atoms with Gasteiger partial charge in [0.25, 0.3) is 9.05 Å². The first-order valence-electron chi connectivity index (χ1n) is 3.69. The van der Waals surface area contributed by atoms with Gasteiger partial charge in [-0.3, -0.25) is 0 Å². The van der Waals surface area contributed by atoms with Gasteiger partial charge in [-0.05, 0) is 18.2 Å². The predicted molar refractivity (Wildman–Crippen MR) is 55.8 cm³/mol. The summed E-state index contributed by atoms with van der Waals surface area (Å²) in [7, 11) is 2.45. The maximum atomic E-state index is 11.1. The van der Waals surface area contributed by atoms with Gasteiger partial charge in [-0.2, -0.15) is 0 Å². The summed E-state index contributed by atoms with van der Waals surface area (Å²) in [6, 6.07) is 3.51. The smallest absolute Gasteiger partial charge is 0.339 e. The average molecular weight is 269 g/mol. The SMILES string of the molecule is COC(=O)c1ccc(S(=O)(=O)Cl)cc1Cl. The van der Waals surface area contributed by atoms with Gasteiger partial charge in [0.15, 0.2) is 0 Å². The summed E-state index contributed by atoms with van der Waals surface area (Å²) in [4.78, 5) is 10.9. The topological polar surface area (TPSA) is 60.4 Å². The third kappa shape index (κ3) is 2.84. The summed E-state index contributed by atoms with van der Waals surface area (Å²) in [6.07, 6.45) is 0. The van der Waals surface area contributed by atoms with Gasteiger partial charge in [-0.15, -0.1) is 0 Å². The molecule has 0 fully saturated rings. The van der Waals surface area contributed by atoms with Crippen LogP contribution in [-0.4, -0.2) is 21.5 Å². The van der Waals surface area contributed by atoms with Crippen LogP contribution in [-0.2, 0) is 13.8 Å². The molecular weight excluding hydrogens is 263 g/mol. The summed E-state index contributed by atoms with van der Waals surface area (Å²) in [5, 5.41) is -0.0245. The van der Waals surface area contributed by atoms with Gasteiger partial charge in [-0.1, -0.05) is 11.6 Å². The monoisotopic (exact) mass is 268 g/mol. The van der Waals surface area contributed by atoms with Crippen molar-refractivity contribution in [2.75, 3.05) is 7.11 Å². The largest absolute Gasteiger partial charge is 0.465 e. The highest BCUT2D eigenvalue weighted by atomic mass is 35.7. The fourth-order valence-electron chi connectivity index (χ4n) is 0.923. The third-order valence-corrected chi connectivity index (χ3v) is 3.29. The lowest BCUT2D eigenvalue weighted by molar-refractivity contribution is 0.0601. The predicted octanol–water partition coefficient (Wildman–Crippen LogP) is 2.05. The Labute approximate surface area is 96.2 Å². The summed E-state index contributed by atoms with van der Waals surface area (Å²) in [5.74, 6) is -0.640. The number of methoxy groups -OCH3 is 1. The Balaban J connectivity index is 3.27. The molecule has 0 aromatic heterocycles. The molecule has 1 rings (SSSR count). The van der Waals surface area contributed by atoms with E-state index in [0.29, 0.717) is 0 Å². The van der Waals surface area contributed by atoms with Crippen LogP contribution in [0.5, 0.6) is 0 Å². The third-order valence-electron chi connectivity index (χ3n) is 1.63. The standard InChI is InChI=1S/C8H6Cl2O4S/c1-14-8(11)6-3-2-5(4-7(6)9)15(10,12)13/h2-4H,1H3. The zero-order valence-corrected chi connectivity index (χ0v) is 9.86. The molecule has 0 radical (unpaired) electrons. The zero-order chi connectivity index (χ0) is 11.6. The van der Waals surface area contributed by atoms with E-state index in [1.165, 1.54) is 19.2 Å².